The number of hydrogen-bond donors (Lipinski definition) is 1. The van der Waals surface area contributed by atoms with Gasteiger partial charge in [0.2, 0.25) is 5.91 Å². The molecule has 7 nitrogen and oxygen atoms in total. The highest BCUT2D eigenvalue weighted by molar-refractivity contribution is 5.93. The van der Waals surface area contributed by atoms with Gasteiger partial charge in [-0.25, -0.2) is 9.69 Å². The van der Waals surface area contributed by atoms with E-state index in [1.54, 1.807) is 0 Å². The third kappa shape index (κ3) is 15.0. The van der Waals surface area contributed by atoms with E-state index >= 15 is 0 Å². The van der Waals surface area contributed by atoms with Crippen LogP contribution in [0.25, 0.3) is 0 Å². The minimum absolute atomic E-state index is 0.194. The van der Waals surface area contributed by atoms with Crippen molar-refractivity contribution in [3.63, 3.8) is 0 Å². The zero-order valence-electron chi connectivity index (χ0n) is 21.0. The summed E-state index contributed by atoms with van der Waals surface area (Å²) >= 11 is 0. The molecule has 1 rings (SSSR count). The molecule has 0 aromatic rings. The van der Waals surface area contributed by atoms with Gasteiger partial charge in [0.15, 0.2) is 6.10 Å². The number of ether oxygens (including phenoxy) is 2. The monoisotopic (exact) mass is 469 g/mol. The molecule has 0 aliphatic carbocycles. The van der Waals surface area contributed by atoms with Crippen LogP contribution < -0.4 is 0 Å². The number of imide groups is 1. The van der Waals surface area contributed by atoms with E-state index in [1.165, 1.54) is 64.2 Å². The number of amides is 2. The summed E-state index contributed by atoms with van der Waals surface area (Å²) in [5.74, 6) is 0.204. The van der Waals surface area contributed by atoms with Gasteiger partial charge in [0.05, 0.1) is 6.61 Å². The first-order valence-electron chi connectivity index (χ1n) is 13.2. The number of hydrogen-bond acceptors (Lipinski definition) is 6. The zero-order chi connectivity index (χ0) is 24.3. The number of esters is 1. The molecule has 33 heavy (non-hydrogen) atoms. The van der Waals surface area contributed by atoms with E-state index in [1.807, 2.05) is 0 Å². The first-order chi connectivity index (χ1) is 15.9. The standard InChI is InChI=1S/C26H47NO6/c1-22(2)16-13-11-9-7-5-3-4-6-8-10-12-14-18-25(30)32-21-23(20-28)33-26(31)27-19-15-17-24(27)29/h22-23,28H,3-21H2,1-2H3. The second-order valence-corrected chi connectivity index (χ2v) is 9.70. The van der Waals surface area contributed by atoms with Crippen LogP contribution in [0.5, 0.6) is 0 Å². The Kier molecular flexibility index (Phi) is 16.7. The lowest BCUT2D eigenvalue weighted by Gasteiger charge is -2.19. The van der Waals surface area contributed by atoms with Crippen molar-refractivity contribution in [1.29, 1.82) is 0 Å². The van der Waals surface area contributed by atoms with Crippen LogP contribution in [0.3, 0.4) is 0 Å². The number of likely N-dealkylation sites (tertiary alicyclic amines) is 1. The van der Waals surface area contributed by atoms with Gasteiger partial charge in [0, 0.05) is 19.4 Å². The number of unbranched alkanes of at least 4 members (excludes halogenated alkanes) is 11. The van der Waals surface area contributed by atoms with Crippen molar-refractivity contribution < 1.29 is 29.0 Å². The van der Waals surface area contributed by atoms with Gasteiger partial charge in [-0.15, -0.1) is 0 Å². The lowest BCUT2D eigenvalue weighted by Crippen LogP contribution is -2.38. The molecule has 1 heterocycles. The fourth-order valence-electron chi connectivity index (χ4n) is 4.02. The minimum atomic E-state index is -0.949. The van der Waals surface area contributed by atoms with Crippen molar-refractivity contribution >= 4 is 18.0 Å². The van der Waals surface area contributed by atoms with Gasteiger partial charge in [-0.2, -0.15) is 0 Å². The Balaban J connectivity index is 1.92. The van der Waals surface area contributed by atoms with Crippen molar-refractivity contribution in [3.8, 4) is 0 Å². The minimum Gasteiger partial charge on any atom is -0.462 e. The predicted octanol–water partition coefficient (Wildman–Crippen LogP) is 5.77. The van der Waals surface area contributed by atoms with E-state index in [0.29, 0.717) is 25.8 Å². The highest BCUT2D eigenvalue weighted by atomic mass is 16.6. The van der Waals surface area contributed by atoms with Crippen molar-refractivity contribution in [3.05, 3.63) is 0 Å². The topological polar surface area (TPSA) is 93.1 Å². The van der Waals surface area contributed by atoms with Crippen LogP contribution in [0, 0.1) is 5.92 Å². The summed E-state index contributed by atoms with van der Waals surface area (Å²) in [5, 5.41) is 9.34. The van der Waals surface area contributed by atoms with Gasteiger partial charge in [-0.1, -0.05) is 90.9 Å². The maximum atomic E-state index is 11.9. The molecule has 1 aliphatic heterocycles. The summed E-state index contributed by atoms with van der Waals surface area (Å²) in [6, 6.07) is 0. The maximum Gasteiger partial charge on any atom is 0.416 e. The third-order valence-corrected chi connectivity index (χ3v) is 6.11. The van der Waals surface area contributed by atoms with Gasteiger partial charge < -0.3 is 14.6 Å². The molecule has 0 bridgehead atoms. The normalized spacial score (nSPS) is 14.7. The fraction of sp³-hybridized carbons (Fsp3) is 0.885. The Morgan fingerprint density at radius 1 is 0.909 bits per heavy atom. The average molecular weight is 470 g/mol. The van der Waals surface area contributed by atoms with Crippen molar-refractivity contribution in [2.75, 3.05) is 19.8 Å². The van der Waals surface area contributed by atoms with E-state index in [9.17, 15) is 19.5 Å². The van der Waals surface area contributed by atoms with Crippen LogP contribution in [0.4, 0.5) is 4.79 Å². The molecule has 192 valence electrons. The maximum absolute atomic E-state index is 11.9. The summed E-state index contributed by atoms with van der Waals surface area (Å²) in [6.45, 7) is 4.26. The number of aliphatic hydroxyl groups excluding tert-OH is 1. The summed E-state index contributed by atoms with van der Waals surface area (Å²) in [6.07, 6.45) is 15.8. The van der Waals surface area contributed by atoms with Crippen molar-refractivity contribution in [2.45, 2.75) is 123 Å². The van der Waals surface area contributed by atoms with E-state index in [0.717, 1.165) is 30.1 Å². The van der Waals surface area contributed by atoms with Gasteiger partial charge in [-0.05, 0) is 18.8 Å². The highest BCUT2D eigenvalue weighted by Gasteiger charge is 2.29. The second kappa shape index (κ2) is 18.8. The first-order valence-corrected chi connectivity index (χ1v) is 13.2. The van der Waals surface area contributed by atoms with Gasteiger partial charge in [0.1, 0.15) is 6.61 Å². The quantitative estimate of drug-likeness (QED) is 0.191. The van der Waals surface area contributed by atoms with Gasteiger partial charge >= 0.3 is 12.1 Å². The number of aliphatic hydroxyl groups is 1. The Morgan fingerprint density at radius 2 is 1.45 bits per heavy atom. The molecule has 0 spiro atoms. The van der Waals surface area contributed by atoms with E-state index in [2.05, 4.69) is 13.8 Å². The molecule has 1 atom stereocenters. The summed E-state index contributed by atoms with van der Waals surface area (Å²) in [7, 11) is 0. The van der Waals surface area contributed by atoms with Gasteiger partial charge in [0.25, 0.3) is 0 Å². The smallest absolute Gasteiger partial charge is 0.416 e. The van der Waals surface area contributed by atoms with Crippen LogP contribution in [-0.4, -0.2) is 53.8 Å². The number of carbonyl (C=O) groups excluding carboxylic acids is 3. The summed E-state index contributed by atoms with van der Waals surface area (Å²) in [5.41, 5.74) is 0. The molecule has 7 heteroatoms. The summed E-state index contributed by atoms with van der Waals surface area (Å²) < 4.78 is 10.2. The molecule has 1 saturated heterocycles. The second-order valence-electron chi connectivity index (χ2n) is 9.70. The van der Waals surface area contributed by atoms with Crippen molar-refractivity contribution in [2.24, 2.45) is 5.92 Å². The average Bonchev–Trinajstić information content (AvgIpc) is 3.22. The number of carbonyl (C=O) groups is 3. The Hall–Kier alpha value is -1.63. The zero-order valence-corrected chi connectivity index (χ0v) is 21.0. The predicted molar refractivity (Wildman–Crippen MR) is 129 cm³/mol. The lowest BCUT2D eigenvalue weighted by molar-refractivity contribution is -0.148. The van der Waals surface area contributed by atoms with E-state index in [4.69, 9.17) is 9.47 Å². The molecule has 1 fully saturated rings. The first kappa shape index (κ1) is 29.4. The number of nitrogens with zero attached hydrogens (tertiary/aromatic N) is 1. The molecule has 1 unspecified atom stereocenters. The van der Waals surface area contributed by atoms with Crippen LogP contribution in [0.1, 0.15) is 117 Å². The molecule has 1 N–H and O–H groups in total. The fourth-order valence-corrected chi connectivity index (χ4v) is 4.02. The molecule has 0 aromatic heterocycles. The highest BCUT2D eigenvalue weighted by Crippen LogP contribution is 2.15. The molecule has 0 aromatic carbocycles. The van der Waals surface area contributed by atoms with Crippen molar-refractivity contribution in [1.82, 2.24) is 4.90 Å². The van der Waals surface area contributed by atoms with Crippen LogP contribution >= 0.6 is 0 Å². The molecular weight excluding hydrogens is 422 g/mol. The van der Waals surface area contributed by atoms with E-state index < -0.39 is 18.8 Å². The number of rotatable bonds is 19. The molecule has 1 aliphatic rings. The third-order valence-electron chi connectivity index (χ3n) is 6.11. The Bertz CT molecular complexity index is 551. The Morgan fingerprint density at radius 3 is 1.94 bits per heavy atom. The molecular formula is C26H47NO6. The van der Waals surface area contributed by atoms with E-state index in [-0.39, 0.29) is 18.5 Å². The largest absolute Gasteiger partial charge is 0.462 e. The SMILES string of the molecule is CC(C)CCCCCCCCCCCCCCC(=O)OCC(CO)OC(=O)N1CCCC1=O. The lowest BCUT2D eigenvalue weighted by atomic mass is 10.0. The summed E-state index contributed by atoms with van der Waals surface area (Å²) in [4.78, 5) is 36.4. The van der Waals surface area contributed by atoms with Gasteiger partial charge in [-0.3, -0.25) is 9.59 Å². The molecule has 2 amide bonds. The molecule has 0 saturated carbocycles. The van der Waals surface area contributed by atoms with Crippen LogP contribution in [0.2, 0.25) is 0 Å². The van der Waals surface area contributed by atoms with Crippen LogP contribution in [-0.2, 0) is 19.1 Å². The van der Waals surface area contributed by atoms with Crippen LogP contribution in [0.15, 0.2) is 0 Å². The molecule has 0 radical (unpaired) electrons. The Labute approximate surface area is 200 Å².